The van der Waals surface area contributed by atoms with Crippen molar-refractivity contribution in [2.24, 2.45) is 5.92 Å². The van der Waals surface area contributed by atoms with E-state index in [0.717, 1.165) is 11.7 Å². The van der Waals surface area contributed by atoms with Crippen LogP contribution in [0.1, 0.15) is 52.0 Å². The first-order valence-corrected chi connectivity index (χ1v) is 7.40. The Kier molecular flexibility index (Phi) is 7.32. The van der Waals surface area contributed by atoms with Crippen LogP contribution in [0.2, 0.25) is 0 Å². The molecular formula is C18H28O. The van der Waals surface area contributed by atoms with Crippen molar-refractivity contribution < 1.29 is 4.74 Å². The van der Waals surface area contributed by atoms with Gasteiger partial charge >= 0.3 is 0 Å². The third-order valence-corrected chi connectivity index (χ3v) is 3.85. The monoisotopic (exact) mass is 260 g/mol. The smallest absolute Gasteiger partial charge is 0.118 e. The Morgan fingerprint density at radius 3 is 2.47 bits per heavy atom. The SMILES string of the molecule is C/C=C(\C)CCC(C)CCCc1ccc(OC)cc1. The number of benzene rings is 1. The summed E-state index contributed by atoms with van der Waals surface area (Å²) in [6.45, 7) is 6.73. The third kappa shape index (κ3) is 6.47. The second-order valence-electron chi connectivity index (χ2n) is 5.52. The molecular weight excluding hydrogens is 232 g/mol. The molecule has 0 aliphatic heterocycles. The highest BCUT2D eigenvalue weighted by atomic mass is 16.5. The van der Waals surface area contributed by atoms with Crippen molar-refractivity contribution >= 4 is 0 Å². The summed E-state index contributed by atoms with van der Waals surface area (Å²) >= 11 is 0. The molecule has 1 nitrogen and oxygen atoms in total. The zero-order valence-electron chi connectivity index (χ0n) is 12.9. The average molecular weight is 260 g/mol. The first-order valence-electron chi connectivity index (χ1n) is 7.40. The fourth-order valence-corrected chi connectivity index (χ4v) is 2.21. The Hall–Kier alpha value is -1.24. The lowest BCUT2D eigenvalue weighted by molar-refractivity contribution is 0.414. The summed E-state index contributed by atoms with van der Waals surface area (Å²) in [5.41, 5.74) is 2.93. The maximum atomic E-state index is 5.17. The van der Waals surface area contributed by atoms with Crippen LogP contribution in [0.5, 0.6) is 5.75 Å². The fraction of sp³-hybridized carbons (Fsp3) is 0.556. The minimum atomic E-state index is 0.827. The van der Waals surface area contributed by atoms with Gasteiger partial charge in [-0.1, -0.05) is 37.1 Å². The van der Waals surface area contributed by atoms with Gasteiger partial charge in [-0.05, 0) is 63.1 Å². The summed E-state index contributed by atoms with van der Waals surface area (Å²) in [6.07, 6.45) is 8.57. The number of hydrogen-bond acceptors (Lipinski definition) is 1. The van der Waals surface area contributed by atoms with E-state index < -0.39 is 0 Å². The van der Waals surface area contributed by atoms with Crippen LogP contribution in [0.25, 0.3) is 0 Å². The molecule has 0 amide bonds. The van der Waals surface area contributed by atoms with E-state index in [9.17, 15) is 0 Å². The van der Waals surface area contributed by atoms with Gasteiger partial charge in [0.25, 0.3) is 0 Å². The normalized spacial score (nSPS) is 13.4. The number of allylic oxidation sites excluding steroid dienone is 2. The van der Waals surface area contributed by atoms with E-state index in [1.54, 1.807) is 7.11 Å². The Morgan fingerprint density at radius 1 is 1.21 bits per heavy atom. The van der Waals surface area contributed by atoms with Crippen LogP contribution in [0.4, 0.5) is 0 Å². The summed E-state index contributed by atoms with van der Waals surface area (Å²) in [5.74, 6) is 1.77. The third-order valence-electron chi connectivity index (χ3n) is 3.85. The number of ether oxygens (including phenoxy) is 1. The van der Waals surface area contributed by atoms with Crippen molar-refractivity contribution in [2.75, 3.05) is 7.11 Å². The van der Waals surface area contributed by atoms with Crippen LogP contribution in [0.15, 0.2) is 35.9 Å². The zero-order valence-corrected chi connectivity index (χ0v) is 12.9. The molecule has 1 aromatic rings. The van der Waals surface area contributed by atoms with E-state index in [0.29, 0.717) is 0 Å². The number of rotatable bonds is 8. The Balaban J connectivity index is 2.21. The first kappa shape index (κ1) is 15.8. The number of aryl methyl sites for hydroxylation is 1. The molecule has 0 saturated heterocycles. The van der Waals surface area contributed by atoms with E-state index in [2.05, 4.69) is 39.0 Å². The van der Waals surface area contributed by atoms with E-state index in [1.165, 1.54) is 43.2 Å². The molecule has 1 aromatic carbocycles. The van der Waals surface area contributed by atoms with Crippen molar-refractivity contribution in [2.45, 2.75) is 52.9 Å². The Labute approximate surface area is 118 Å². The predicted octanol–water partition coefficient (Wildman–Crippen LogP) is 5.40. The molecule has 0 heterocycles. The molecule has 0 saturated carbocycles. The highest BCUT2D eigenvalue weighted by Gasteiger charge is 2.03. The first-order chi connectivity index (χ1) is 9.15. The lowest BCUT2D eigenvalue weighted by Gasteiger charge is -2.11. The lowest BCUT2D eigenvalue weighted by Crippen LogP contribution is -1.97. The van der Waals surface area contributed by atoms with Crippen molar-refractivity contribution in [3.05, 3.63) is 41.5 Å². The van der Waals surface area contributed by atoms with Crippen molar-refractivity contribution in [1.82, 2.24) is 0 Å². The van der Waals surface area contributed by atoms with Crippen molar-refractivity contribution in [1.29, 1.82) is 0 Å². The molecule has 0 fully saturated rings. The Morgan fingerprint density at radius 2 is 1.89 bits per heavy atom. The van der Waals surface area contributed by atoms with Gasteiger partial charge in [-0.2, -0.15) is 0 Å². The van der Waals surface area contributed by atoms with Gasteiger partial charge in [-0.25, -0.2) is 0 Å². The predicted molar refractivity (Wildman–Crippen MR) is 83.8 cm³/mol. The van der Waals surface area contributed by atoms with Crippen LogP contribution in [-0.4, -0.2) is 7.11 Å². The largest absolute Gasteiger partial charge is 0.497 e. The van der Waals surface area contributed by atoms with Gasteiger partial charge < -0.3 is 4.74 Å². The van der Waals surface area contributed by atoms with E-state index in [1.807, 2.05) is 12.1 Å². The van der Waals surface area contributed by atoms with E-state index in [-0.39, 0.29) is 0 Å². The van der Waals surface area contributed by atoms with Gasteiger partial charge in [0.2, 0.25) is 0 Å². The van der Waals surface area contributed by atoms with Crippen molar-refractivity contribution in [3.63, 3.8) is 0 Å². The van der Waals surface area contributed by atoms with Gasteiger partial charge in [0.1, 0.15) is 5.75 Å². The molecule has 1 heteroatoms. The van der Waals surface area contributed by atoms with Crippen LogP contribution in [-0.2, 0) is 6.42 Å². The minimum Gasteiger partial charge on any atom is -0.497 e. The number of methoxy groups -OCH3 is 1. The summed E-state index contributed by atoms with van der Waals surface area (Å²) in [4.78, 5) is 0. The van der Waals surface area contributed by atoms with Crippen LogP contribution < -0.4 is 4.74 Å². The summed E-state index contributed by atoms with van der Waals surface area (Å²) in [5, 5.41) is 0. The maximum absolute atomic E-state index is 5.17. The van der Waals surface area contributed by atoms with Crippen LogP contribution in [0.3, 0.4) is 0 Å². The summed E-state index contributed by atoms with van der Waals surface area (Å²) in [7, 11) is 1.71. The second kappa shape index (κ2) is 8.79. The molecule has 106 valence electrons. The number of hydrogen-bond donors (Lipinski definition) is 0. The van der Waals surface area contributed by atoms with E-state index in [4.69, 9.17) is 4.74 Å². The Bertz CT molecular complexity index is 375. The van der Waals surface area contributed by atoms with Crippen LogP contribution >= 0.6 is 0 Å². The van der Waals surface area contributed by atoms with Crippen LogP contribution in [0, 0.1) is 5.92 Å². The summed E-state index contributed by atoms with van der Waals surface area (Å²) in [6, 6.07) is 8.45. The standard InChI is InChI=1S/C18H28O/c1-5-15(2)9-10-16(3)7-6-8-17-11-13-18(19-4)14-12-17/h5,11-14,16H,6-10H2,1-4H3/b15-5+. The molecule has 0 radical (unpaired) electrons. The minimum absolute atomic E-state index is 0.827. The van der Waals surface area contributed by atoms with Gasteiger partial charge in [0, 0.05) is 0 Å². The average Bonchev–Trinajstić information content (AvgIpc) is 2.45. The highest BCUT2D eigenvalue weighted by molar-refractivity contribution is 5.27. The molecule has 1 rings (SSSR count). The summed E-state index contributed by atoms with van der Waals surface area (Å²) < 4.78 is 5.17. The molecule has 0 spiro atoms. The van der Waals surface area contributed by atoms with Gasteiger partial charge in [-0.3, -0.25) is 0 Å². The van der Waals surface area contributed by atoms with Gasteiger partial charge in [-0.15, -0.1) is 0 Å². The highest BCUT2D eigenvalue weighted by Crippen LogP contribution is 2.19. The quantitative estimate of drug-likeness (QED) is 0.569. The second-order valence-corrected chi connectivity index (χ2v) is 5.52. The zero-order chi connectivity index (χ0) is 14.1. The van der Waals surface area contributed by atoms with Gasteiger partial charge in [0.15, 0.2) is 0 Å². The maximum Gasteiger partial charge on any atom is 0.118 e. The lowest BCUT2D eigenvalue weighted by atomic mass is 9.95. The molecule has 0 aromatic heterocycles. The molecule has 0 aliphatic rings. The molecule has 1 unspecified atom stereocenters. The molecule has 19 heavy (non-hydrogen) atoms. The molecule has 1 atom stereocenters. The van der Waals surface area contributed by atoms with E-state index >= 15 is 0 Å². The van der Waals surface area contributed by atoms with Crippen molar-refractivity contribution in [3.8, 4) is 5.75 Å². The molecule has 0 bridgehead atoms. The topological polar surface area (TPSA) is 9.23 Å². The fourth-order valence-electron chi connectivity index (χ4n) is 2.21. The molecule has 0 aliphatic carbocycles. The van der Waals surface area contributed by atoms with Gasteiger partial charge in [0.05, 0.1) is 7.11 Å². The molecule has 0 N–H and O–H groups in total.